The van der Waals surface area contributed by atoms with Crippen molar-refractivity contribution in [2.75, 3.05) is 13.6 Å². The van der Waals surface area contributed by atoms with E-state index in [9.17, 15) is 8.78 Å². The summed E-state index contributed by atoms with van der Waals surface area (Å²) in [6, 6.07) is 0. The van der Waals surface area contributed by atoms with Crippen LogP contribution in [0.5, 0.6) is 0 Å². The highest BCUT2D eigenvalue weighted by Gasteiger charge is 2.34. The van der Waals surface area contributed by atoms with Crippen molar-refractivity contribution in [3.05, 3.63) is 0 Å². The topological polar surface area (TPSA) is 29.3 Å². The van der Waals surface area contributed by atoms with Crippen LogP contribution in [0.1, 0.15) is 39.5 Å². The van der Waals surface area contributed by atoms with E-state index in [0.717, 1.165) is 18.7 Å². The van der Waals surface area contributed by atoms with Gasteiger partial charge in [-0.3, -0.25) is 5.14 Å². The van der Waals surface area contributed by atoms with Crippen LogP contribution in [0.4, 0.5) is 8.78 Å². The molecule has 0 spiro atoms. The Kier molecular flexibility index (Phi) is 7.48. The molecule has 1 aliphatic carbocycles. The molecular formula is C10H22F2N2S. The summed E-state index contributed by atoms with van der Waals surface area (Å²) in [5, 5.41) is 5.34. The molecular weight excluding hydrogens is 218 g/mol. The molecule has 5 heteroatoms. The summed E-state index contributed by atoms with van der Waals surface area (Å²) >= 11 is 1.16. The quantitative estimate of drug-likeness (QED) is 0.768. The summed E-state index contributed by atoms with van der Waals surface area (Å²) in [6.07, 6.45) is 1.33. The molecule has 0 unspecified atom stereocenters. The summed E-state index contributed by atoms with van der Waals surface area (Å²) in [5.74, 6) is -2.02. The van der Waals surface area contributed by atoms with Crippen LogP contribution in [0.2, 0.25) is 0 Å². The van der Waals surface area contributed by atoms with Crippen LogP contribution in [-0.2, 0) is 0 Å². The number of nitrogens with zero attached hydrogens (tertiary/aromatic N) is 1. The largest absolute Gasteiger partial charge is 0.264 e. The van der Waals surface area contributed by atoms with Crippen molar-refractivity contribution >= 4 is 12.1 Å². The fourth-order valence-electron chi connectivity index (χ4n) is 1.69. The Morgan fingerprint density at radius 1 is 1.33 bits per heavy atom. The van der Waals surface area contributed by atoms with Crippen molar-refractivity contribution < 1.29 is 8.78 Å². The minimum absolute atomic E-state index is 0.0424. The maximum Gasteiger partial charge on any atom is 0.248 e. The van der Waals surface area contributed by atoms with E-state index in [2.05, 4.69) is 0 Å². The van der Waals surface area contributed by atoms with Gasteiger partial charge in [-0.1, -0.05) is 13.8 Å². The first-order chi connectivity index (χ1) is 7.03. The lowest BCUT2D eigenvalue weighted by atomic mass is 9.87. The second-order valence-electron chi connectivity index (χ2n) is 3.72. The molecule has 0 atom stereocenters. The van der Waals surface area contributed by atoms with Crippen molar-refractivity contribution in [3.63, 3.8) is 0 Å². The van der Waals surface area contributed by atoms with E-state index in [-0.39, 0.29) is 12.8 Å². The normalized spacial score (nSPS) is 21.0. The van der Waals surface area contributed by atoms with Crippen LogP contribution < -0.4 is 5.14 Å². The molecule has 2 N–H and O–H groups in total. The Morgan fingerprint density at radius 3 is 2.20 bits per heavy atom. The molecule has 1 aliphatic rings. The Balaban J connectivity index is 0.000000921. The fraction of sp³-hybridized carbons (Fsp3) is 1.00. The second kappa shape index (κ2) is 7.41. The molecule has 1 fully saturated rings. The zero-order valence-corrected chi connectivity index (χ0v) is 10.6. The number of alkyl halides is 2. The molecule has 1 rings (SSSR count). The molecule has 0 heterocycles. The predicted molar refractivity (Wildman–Crippen MR) is 62.7 cm³/mol. The maximum absolute atomic E-state index is 12.8. The van der Waals surface area contributed by atoms with Gasteiger partial charge in [0, 0.05) is 31.5 Å². The standard InChI is InChI=1S/C8H16F2N2S.C2H6/c1-12(13-11)6-7-2-4-8(9,10)5-3-7;1-2/h7H,2-6,11H2,1H3;1-2H3. The van der Waals surface area contributed by atoms with Gasteiger partial charge in [-0.2, -0.15) is 0 Å². The zero-order valence-electron chi connectivity index (χ0n) is 9.80. The molecule has 15 heavy (non-hydrogen) atoms. The lowest BCUT2D eigenvalue weighted by Gasteiger charge is -2.30. The van der Waals surface area contributed by atoms with E-state index in [1.807, 2.05) is 25.2 Å². The number of nitrogens with two attached hydrogens (primary N) is 1. The number of halogens is 2. The SMILES string of the molecule is CC.CN(CC1CCC(F)(F)CC1)SN. The lowest BCUT2D eigenvalue weighted by molar-refractivity contribution is -0.0465. The summed E-state index contributed by atoms with van der Waals surface area (Å²) < 4.78 is 27.4. The third-order valence-electron chi connectivity index (χ3n) is 2.53. The first kappa shape index (κ1) is 15.1. The van der Waals surface area contributed by atoms with Crippen molar-refractivity contribution in [2.24, 2.45) is 11.1 Å². The maximum atomic E-state index is 12.8. The summed E-state index contributed by atoms with van der Waals surface area (Å²) in [6.45, 7) is 4.82. The summed E-state index contributed by atoms with van der Waals surface area (Å²) in [7, 11) is 1.89. The first-order valence-corrected chi connectivity index (χ1v) is 6.33. The number of hydrogen-bond donors (Lipinski definition) is 1. The van der Waals surface area contributed by atoms with Crippen LogP contribution in [0.25, 0.3) is 0 Å². The van der Waals surface area contributed by atoms with E-state index in [1.54, 1.807) is 0 Å². The third kappa shape index (κ3) is 6.33. The Bertz CT molecular complexity index is 158. The number of rotatable bonds is 3. The average molecular weight is 240 g/mol. The summed E-state index contributed by atoms with van der Waals surface area (Å²) in [4.78, 5) is 0. The molecule has 2 nitrogen and oxygen atoms in total. The van der Waals surface area contributed by atoms with E-state index in [4.69, 9.17) is 5.14 Å². The van der Waals surface area contributed by atoms with Crippen LogP contribution in [-0.4, -0.2) is 23.8 Å². The van der Waals surface area contributed by atoms with Gasteiger partial charge in [-0.05, 0) is 25.8 Å². The third-order valence-corrected chi connectivity index (χ3v) is 3.04. The summed E-state index contributed by atoms with van der Waals surface area (Å²) in [5.41, 5.74) is 0. The van der Waals surface area contributed by atoms with Gasteiger partial charge in [0.15, 0.2) is 0 Å². The van der Waals surface area contributed by atoms with Crippen LogP contribution in [0.3, 0.4) is 0 Å². The van der Waals surface area contributed by atoms with E-state index in [0.29, 0.717) is 18.8 Å². The van der Waals surface area contributed by atoms with Gasteiger partial charge in [0.2, 0.25) is 5.92 Å². The van der Waals surface area contributed by atoms with Crippen molar-refractivity contribution in [3.8, 4) is 0 Å². The number of hydrogen-bond acceptors (Lipinski definition) is 3. The molecule has 0 radical (unpaired) electrons. The van der Waals surface area contributed by atoms with Crippen molar-refractivity contribution in [1.82, 2.24) is 4.31 Å². The van der Waals surface area contributed by atoms with Gasteiger partial charge < -0.3 is 0 Å². The average Bonchev–Trinajstić information content (AvgIpc) is 2.24. The Morgan fingerprint density at radius 2 is 1.80 bits per heavy atom. The monoisotopic (exact) mass is 240 g/mol. The van der Waals surface area contributed by atoms with Crippen LogP contribution in [0.15, 0.2) is 0 Å². The van der Waals surface area contributed by atoms with Crippen LogP contribution >= 0.6 is 12.1 Å². The molecule has 0 aromatic carbocycles. The highest BCUT2D eigenvalue weighted by molar-refractivity contribution is 7.94. The van der Waals surface area contributed by atoms with Gasteiger partial charge in [0.25, 0.3) is 0 Å². The zero-order chi connectivity index (χ0) is 11.9. The van der Waals surface area contributed by atoms with Gasteiger partial charge in [0.1, 0.15) is 0 Å². The van der Waals surface area contributed by atoms with Gasteiger partial charge in [0.05, 0.1) is 0 Å². The fourth-order valence-corrected chi connectivity index (χ4v) is 1.99. The van der Waals surface area contributed by atoms with Gasteiger partial charge >= 0.3 is 0 Å². The minimum Gasteiger partial charge on any atom is -0.264 e. The molecule has 0 saturated heterocycles. The minimum atomic E-state index is -2.41. The van der Waals surface area contributed by atoms with Crippen molar-refractivity contribution in [2.45, 2.75) is 45.5 Å². The van der Waals surface area contributed by atoms with E-state index in [1.165, 1.54) is 0 Å². The lowest BCUT2D eigenvalue weighted by Crippen LogP contribution is -2.30. The molecule has 0 aromatic rings. The molecule has 92 valence electrons. The Hall–Kier alpha value is 0.130. The second-order valence-corrected chi connectivity index (χ2v) is 4.55. The highest BCUT2D eigenvalue weighted by atomic mass is 32.2. The van der Waals surface area contributed by atoms with E-state index >= 15 is 0 Å². The molecule has 0 amide bonds. The molecule has 0 bridgehead atoms. The van der Waals surface area contributed by atoms with Gasteiger partial charge in [-0.15, -0.1) is 0 Å². The molecule has 0 aromatic heterocycles. The van der Waals surface area contributed by atoms with Crippen LogP contribution in [0, 0.1) is 5.92 Å². The molecule has 1 saturated carbocycles. The Labute approximate surface area is 95.8 Å². The predicted octanol–water partition coefficient (Wildman–Crippen LogP) is 3.29. The first-order valence-electron chi connectivity index (χ1n) is 5.49. The smallest absolute Gasteiger partial charge is 0.248 e. The van der Waals surface area contributed by atoms with Crippen molar-refractivity contribution in [1.29, 1.82) is 0 Å². The molecule has 0 aliphatic heterocycles. The highest BCUT2D eigenvalue weighted by Crippen LogP contribution is 2.36. The van der Waals surface area contributed by atoms with Gasteiger partial charge in [-0.25, -0.2) is 13.1 Å². The van der Waals surface area contributed by atoms with E-state index < -0.39 is 5.92 Å².